The molecule has 1 heterocycles. The average Bonchev–Trinajstić information content (AvgIpc) is 3.06. The molecule has 0 saturated heterocycles. The van der Waals surface area contributed by atoms with Crippen LogP contribution in [-0.4, -0.2) is 23.5 Å². The summed E-state index contributed by atoms with van der Waals surface area (Å²) in [5.74, 6) is 1.81. The molecule has 3 nitrogen and oxygen atoms in total. The van der Waals surface area contributed by atoms with Crippen molar-refractivity contribution in [2.24, 2.45) is 5.92 Å². The van der Waals surface area contributed by atoms with E-state index in [0.29, 0.717) is 12.0 Å². The molecule has 0 bridgehead atoms. The molecule has 0 aliphatic heterocycles. The summed E-state index contributed by atoms with van der Waals surface area (Å²) in [6.07, 6.45) is 4.47. The number of nitrogens with one attached hydrogen (secondary N) is 1. The number of hydrogen-bond donors (Lipinski definition) is 1. The molecule has 1 aliphatic carbocycles. The Hall–Kier alpha value is -0.800. The Balaban J connectivity index is 1.93. The third-order valence-corrected chi connectivity index (χ3v) is 3.67. The van der Waals surface area contributed by atoms with Crippen LogP contribution in [0.1, 0.15) is 51.9 Å². The van der Waals surface area contributed by atoms with Crippen LogP contribution in [0.5, 0.6) is 0 Å². The Kier molecular flexibility index (Phi) is 5.06. The van der Waals surface area contributed by atoms with Crippen LogP contribution in [0.3, 0.4) is 0 Å². The summed E-state index contributed by atoms with van der Waals surface area (Å²) in [6.45, 7) is 12.1. The van der Waals surface area contributed by atoms with Crippen LogP contribution in [0.4, 0.5) is 0 Å². The fourth-order valence-corrected chi connectivity index (χ4v) is 2.33. The summed E-state index contributed by atoms with van der Waals surface area (Å²) in [7, 11) is 0. The second-order valence-corrected chi connectivity index (χ2v) is 6.44. The number of nitrogens with zero attached hydrogens (tertiary/aromatic N) is 1. The van der Waals surface area contributed by atoms with Gasteiger partial charge in [0.05, 0.1) is 12.8 Å². The van der Waals surface area contributed by atoms with Gasteiger partial charge in [0.25, 0.3) is 0 Å². The molecule has 1 N–H and O–H groups in total. The fraction of sp³-hybridized carbons (Fsp3) is 0.750. The van der Waals surface area contributed by atoms with Crippen molar-refractivity contribution in [2.45, 2.75) is 65.7 Å². The quantitative estimate of drug-likeness (QED) is 0.780. The highest BCUT2D eigenvalue weighted by Crippen LogP contribution is 2.21. The van der Waals surface area contributed by atoms with Gasteiger partial charge in [0, 0.05) is 30.7 Å². The molecule has 1 aliphatic rings. The van der Waals surface area contributed by atoms with Gasteiger partial charge in [-0.2, -0.15) is 0 Å². The minimum absolute atomic E-state index is 0.571. The molecule has 3 heteroatoms. The first-order valence-electron chi connectivity index (χ1n) is 7.59. The highest BCUT2D eigenvalue weighted by molar-refractivity contribution is 5.17. The lowest BCUT2D eigenvalue weighted by Crippen LogP contribution is -2.33. The zero-order valence-corrected chi connectivity index (χ0v) is 12.8. The smallest absolute Gasteiger partial charge is 0.122 e. The van der Waals surface area contributed by atoms with E-state index >= 15 is 0 Å². The Labute approximate surface area is 117 Å². The molecular weight excluding hydrogens is 236 g/mol. The van der Waals surface area contributed by atoms with Gasteiger partial charge >= 0.3 is 0 Å². The Morgan fingerprint density at radius 3 is 2.63 bits per heavy atom. The summed E-state index contributed by atoms with van der Waals surface area (Å²) >= 11 is 0. The van der Waals surface area contributed by atoms with Gasteiger partial charge in [-0.15, -0.1) is 0 Å². The second kappa shape index (κ2) is 6.58. The largest absolute Gasteiger partial charge is 0.468 e. The lowest BCUT2D eigenvalue weighted by molar-refractivity contribution is 0.188. The Morgan fingerprint density at radius 1 is 1.32 bits per heavy atom. The van der Waals surface area contributed by atoms with E-state index in [1.165, 1.54) is 18.4 Å². The average molecular weight is 264 g/mol. The first-order chi connectivity index (χ1) is 9.06. The third kappa shape index (κ3) is 4.66. The minimum Gasteiger partial charge on any atom is -0.468 e. The monoisotopic (exact) mass is 264 g/mol. The first kappa shape index (κ1) is 14.6. The molecule has 0 amide bonds. The third-order valence-electron chi connectivity index (χ3n) is 3.67. The zero-order valence-electron chi connectivity index (χ0n) is 12.8. The topological polar surface area (TPSA) is 28.4 Å². The first-order valence-corrected chi connectivity index (χ1v) is 7.59. The molecule has 1 saturated carbocycles. The number of furan rings is 1. The molecule has 0 atom stereocenters. The maximum Gasteiger partial charge on any atom is 0.122 e. The van der Waals surface area contributed by atoms with Crippen LogP contribution >= 0.6 is 0 Å². The Morgan fingerprint density at radius 2 is 2.05 bits per heavy atom. The molecule has 108 valence electrons. The predicted molar refractivity (Wildman–Crippen MR) is 79.0 cm³/mol. The van der Waals surface area contributed by atoms with Gasteiger partial charge in [-0.25, -0.2) is 0 Å². The van der Waals surface area contributed by atoms with Crippen molar-refractivity contribution < 1.29 is 4.42 Å². The van der Waals surface area contributed by atoms with Gasteiger partial charge in [0.2, 0.25) is 0 Å². The van der Waals surface area contributed by atoms with E-state index in [4.69, 9.17) is 4.42 Å². The zero-order chi connectivity index (χ0) is 13.8. The van der Waals surface area contributed by atoms with E-state index < -0.39 is 0 Å². The number of hydrogen-bond acceptors (Lipinski definition) is 3. The van der Waals surface area contributed by atoms with Crippen molar-refractivity contribution in [3.63, 3.8) is 0 Å². The molecule has 0 radical (unpaired) electrons. The highest BCUT2D eigenvalue weighted by atomic mass is 16.3. The standard InChI is InChI=1S/C16H28N2O/c1-12(2)10-18(13(3)4)11-14-7-8-19-16(14)9-17-15-5-6-15/h7-8,12-13,15,17H,5-6,9-11H2,1-4H3. The van der Waals surface area contributed by atoms with Crippen molar-refractivity contribution in [1.29, 1.82) is 0 Å². The maximum atomic E-state index is 5.64. The molecular formula is C16H28N2O. The van der Waals surface area contributed by atoms with E-state index in [1.807, 2.05) is 6.26 Å². The number of rotatable bonds is 8. The lowest BCUT2D eigenvalue weighted by atomic mass is 10.1. The second-order valence-electron chi connectivity index (χ2n) is 6.44. The molecule has 19 heavy (non-hydrogen) atoms. The molecule has 0 spiro atoms. The molecule has 0 aromatic carbocycles. The van der Waals surface area contributed by atoms with Crippen LogP contribution in [0.2, 0.25) is 0 Å². The van der Waals surface area contributed by atoms with E-state index in [2.05, 4.69) is 44.0 Å². The summed E-state index contributed by atoms with van der Waals surface area (Å²) in [5, 5.41) is 3.53. The van der Waals surface area contributed by atoms with Crippen molar-refractivity contribution in [3.05, 3.63) is 23.7 Å². The minimum atomic E-state index is 0.571. The summed E-state index contributed by atoms with van der Waals surface area (Å²) < 4.78 is 5.64. The predicted octanol–water partition coefficient (Wildman–Crippen LogP) is 3.40. The summed E-state index contributed by atoms with van der Waals surface area (Å²) in [4.78, 5) is 2.52. The van der Waals surface area contributed by atoms with Crippen LogP contribution in [0.15, 0.2) is 16.7 Å². The summed E-state index contributed by atoms with van der Waals surface area (Å²) in [5.41, 5.74) is 1.34. The molecule has 0 unspecified atom stereocenters. The molecule has 2 rings (SSSR count). The Bertz CT molecular complexity index is 380. The highest BCUT2D eigenvalue weighted by Gasteiger charge is 2.22. The fourth-order valence-electron chi connectivity index (χ4n) is 2.33. The van der Waals surface area contributed by atoms with Gasteiger partial charge in [-0.3, -0.25) is 4.90 Å². The van der Waals surface area contributed by atoms with Gasteiger partial charge in [0.1, 0.15) is 5.76 Å². The van der Waals surface area contributed by atoms with Crippen LogP contribution in [-0.2, 0) is 13.1 Å². The van der Waals surface area contributed by atoms with Crippen LogP contribution in [0.25, 0.3) is 0 Å². The van der Waals surface area contributed by atoms with Crippen molar-refractivity contribution in [2.75, 3.05) is 6.54 Å². The van der Waals surface area contributed by atoms with Gasteiger partial charge in [0.15, 0.2) is 0 Å². The normalized spacial score (nSPS) is 15.9. The van der Waals surface area contributed by atoms with E-state index in [0.717, 1.165) is 31.4 Å². The summed E-state index contributed by atoms with van der Waals surface area (Å²) in [6, 6.07) is 3.43. The van der Waals surface area contributed by atoms with Gasteiger partial charge in [-0.05, 0) is 38.7 Å². The van der Waals surface area contributed by atoms with Gasteiger partial charge < -0.3 is 9.73 Å². The van der Waals surface area contributed by atoms with Crippen molar-refractivity contribution in [3.8, 4) is 0 Å². The molecule has 1 aromatic rings. The van der Waals surface area contributed by atoms with Gasteiger partial charge in [-0.1, -0.05) is 13.8 Å². The lowest BCUT2D eigenvalue weighted by Gasteiger charge is -2.28. The van der Waals surface area contributed by atoms with E-state index in [1.54, 1.807) is 0 Å². The molecule has 1 fully saturated rings. The maximum absolute atomic E-state index is 5.64. The SMILES string of the molecule is CC(C)CN(Cc1ccoc1CNC1CC1)C(C)C. The van der Waals surface area contributed by atoms with Crippen LogP contribution < -0.4 is 5.32 Å². The van der Waals surface area contributed by atoms with E-state index in [9.17, 15) is 0 Å². The van der Waals surface area contributed by atoms with Crippen LogP contribution in [0, 0.1) is 5.92 Å². The van der Waals surface area contributed by atoms with E-state index in [-0.39, 0.29) is 0 Å². The molecule has 1 aromatic heterocycles. The van der Waals surface area contributed by atoms with Crippen molar-refractivity contribution in [1.82, 2.24) is 10.2 Å². The van der Waals surface area contributed by atoms with Crippen molar-refractivity contribution >= 4 is 0 Å².